The molecule has 0 aromatic heterocycles. The molecule has 0 aliphatic heterocycles. The summed E-state index contributed by atoms with van der Waals surface area (Å²) in [5.41, 5.74) is 3.11. The van der Waals surface area contributed by atoms with Crippen LogP contribution in [0.15, 0.2) is 58.1 Å². The van der Waals surface area contributed by atoms with Gasteiger partial charge in [-0.2, -0.15) is 5.10 Å². The molecule has 1 amide bonds. The van der Waals surface area contributed by atoms with E-state index in [-0.39, 0.29) is 12.5 Å². The molecule has 2 aromatic carbocycles. The fraction of sp³-hybridized carbons (Fsp3) is 0.0667. The zero-order chi connectivity index (χ0) is 15.1. The second kappa shape index (κ2) is 7.81. The molecule has 0 saturated heterocycles. The summed E-state index contributed by atoms with van der Waals surface area (Å²) in [5, 5.41) is 4.41. The Morgan fingerprint density at radius 2 is 1.95 bits per heavy atom. The van der Waals surface area contributed by atoms with Gasteiger partial charge in [-0.3, -0.25) is 4.79 Å². The lowest BCUT2D eigenvalue weighted by molar-refractivity contribution is -0.123. The molecule has 4 nitrogen and oxygen atoms in total. The number of hydrogen-bond donors (Lipinski definition) is 1. The Balaban J connectivity index is 1.83. The van der Waals surface area contributed by atoms with E-state index in [1.165, 1.54) is 6.21 Å². The number of carbonyl (C=O) groups excluding carboxylic acids is 1. The van der Waals surface area contributed by atoms with Gasteiger partial charge in [0.05, 0.1) is 10.7 Å². The monoisotopic (exact) mass is 366 g/mol. The Kier molecular flexibility index (Phi) is 5.78. The van der Waals surface area contributed by atoms with E-state index in [0.29, 0.717) is 10.8 Å². The number of nitrogens with zero attached hydrogens (tertiary/aromatic N) is 1. The van der Waals surface area contributed by atoms with Gasteiger partial charge in [0.2, 0.25) is 0 Å². The number of halogens is 2. The van der Waals surface area contributed by atoms with Crippen molar-refractivity contribution in [2.45, 2.75) is 0 Å². The lowest BCUT2D eigenvalue weighted by Gasteiger charge is -2.06. The number of carbonyl (C=O) groups is 1. The molecule has 0 unspecified atom stereocenters. The molecule has 2 aromatic rings. The summed E-state index contributed by atoms with van der Waals surface area (Å²) in [4.78, 5) is 11.6. The van der Waals surface area contributed by atoms with Gasteiger partial charge in [0.25, 0.3) is 5.91 Å². The van der Waals surface area contributed by atoms with E-state index >= 15 is 0 Å². The zero-order valence-corrected chi connectivity index (χ0v) is 13.3. The first kappa shape index (κ1) is 15.5. The van der Waals surface area contributed by atoms with E-state index in [2.05, 4.69) is 26.5 Å². The summed E-state index contributed by atoms with van der Waals surface area (Å²) in [6, 6.07) is 14.5. The SMILES string of the molecule is O=C(COc1ccccc1Br)N/N=C/c1ccccc1Cl. The highest BCUT2D eigenvalue weighted by molar-refractivity contribution is 9.10. The molecular formula is C15H12BrClN2O2. The smallest absolute Gasteiger partial charge is 0.277 e. The first-order chi connectivity index (χ1) is 10.2. The second-order valence-electron chi connectivity index (χ2n) is 4.03. The van der Waals surface area contributed by atoms with Gasteiger partial charge < -0.3 is 4.74 Å². The molecule has 108 valence electrons. The number of ether oxygens (including phenoxy) is 1. The third kappa shape index (κ3) is 4.88. The van der Waals surface area contributed by atoms with E-state index in [4.69, 9.17) is 16.3 Å². The second-order valence-corrected chi connectivity index (χ2v) is 5.30. The van der Waals surface area contributed by atoms with Crippen molar-refractivity contribution in [2.24, 2.45) is 5.10 Å². The summed E-state index contributed by atoms with van der Waals surface area (Å²) in [6.45, 7) is -0.123. The van der Waals surface area contributed by atoms with Crippen molar-refractivity contribution in [3.8, 4) is 5.75 Å². The fourth-order valence-corrected chi connectivity index (χ4v) is 2.07. The van der Waals surface area contributed by atoms with E-state index in [0.717, 1.165) is 10.0 Å². The van der Waals surface area contributed by atoms with Crippen molar-refractivity contribution < 1.29 is 9.53 Å². The number of nitrogens with one attached hydrogen (secondary N) is 1. The number of benzene rings is 2. The van der Waals surface area contributed by atoms with E-state index < -0.39 is 0 Å². The van der Waals surface area contributed by atoms with Crippen LogP contribution in [0.1, 0.15) is 5.56 Å². The standard InChI is InChI=1S/C15H12BrClN2O2/c16-12-6-2-4-8-14(12)21-10-15(20)19-18-9-11-5-1-3-7-13(11)17/h1-9H,10H2,(H,19,20)/b18-9+. The highest BCUT2D eigenvalue weighted by Crippen LogP contribution is 2.23. The number of hydrogen-bond acceptors (Lipinski definition) is 3. The highest BCUT2D eigenvalue weighted by atomic mass is 79.9. The maximum atomic E-state index is 11.6. The molecule has 0 radical (unpaired) electrons. The van der Waals surface area contributed by atoms with Crippen molar-refractivity contribution in [2.75, 3.05) is 6.61 Å². The summed E-state index contributed by atoms with van der Waals surface area (Å²) in [7, 11) is 0. The average Bonchev–Trinajstić information content (AvgIpc) is 2.48. The molecule has 0 spiro atoms. The quantitative estimate of drug-likeness (QED) is 0.648. The van der Waals surface area contributed by atoms with Crippen LogP contribution in [0.2, 0.25) is 5.02 Å². The Bertz CT molecular complexity index is 662. The summed E-state index contributed by atoms with van der Waals surface area (Å²) in [5.74, 6) is 0.247. The minimum absolute atomic E-state index is 0.123. The van der Waals surface area contributed by atoms with Crippen LogP contribution in [-0.4, -0.2) is 18.7 Å². The van der Waals surface area contributed by atoms with Gasteiger partial charge in [-0.15, -0.1) is 0 Å². The van der Waals surface area contributed by atoms with Gasteiger partial charge in [-0.05, 0) is 34.1 Å². The molecule has 21 heavy (non-hydrogen) atoms. The van der Waals surface area contributed by atoms with E-state index in [9.17, 15) is 4.79 Å². The lowest BCUT2D eigenvalue weighted by atomic mass is 10.2. The van der Waals surface area contributed by atoms with E-state index in [1.807, 2.05) is 30.3 Å². The van der Waals surface area contributed by atoms with Crippen LogP contribution in [0.5, 0.6) is 5.75 Å². The summed E-state index contributed by atoms with van der Waals surface area (Å²) >= 11 is 9.30. The van der Waals surface area contributed by atoms with Gasteiger partial charge in [0.15, 0.2) is 6.61 Å². The molecule has 1 N–H and O–H groups in total. The van der Waals surface area contributed by atoms with Gasteiger partial charge in [0, 0.05) is 10.6 Å². The minimum Gasteiger partial charge on any atom is -0.483 e. The van der Waals surface area contributed by atoms with Crippen LogP contribution in [0, 0.1) is 0 Å². The van der Waals surface area contributed by atoms with Crippen molar-refractivity contribution in [1.82, 2.24) is 5.43 Å². The molecular weight excluding hydrogens is 356 g/mol. The van der Waals surface area contributed by atoms with Crippen molar-refractivity contribution in [3.05, 3.63) is 63.6 Å². The normalized spacial score (nSPS) is 10.6. The molecule has 6 heteroatoms. The lowest BCUT2D eigenvalue weighted by Crippen LogP contribution is -2.24. The molecule has 0 aliphatic rings. The fourth-order valence-electron chi connectivity index (χ4n) is 1.49. The predicted molar refractivity (Wildman–Crippen MR) is 86.8 cm³/mol. The van der Waals surface area contributed by atoms with Gasteiger partial charge in [-0.1, -0.05) is 41.9 Å². The third-order valence-corrected chi connectivity index (χ3v) is 3.49. The Hall–Kier alpha value is -1.85. The molecule has 0 bridgehead atoms. The molecule has 0 fully saturated rings. The number of amides is 1. The van der Waals surface area contributed by atoms with Crippen molar-refractivity contribution in [1.29, 1.82) is 0 Å². The molecule has 0 heterocycles. The van der Waals surface area contributed by atoms with Crippen molar-refractivity contribution in [3.63, 3.8) is 0 Å². The van der Waals surface area contributed by atoms with Gasteiger partial charge >= 0.3 is 0 Å². The van der Waals surface area contributed by atoms with Crippen LogP contribution < -0.4 is 10.2 Å². The van der Waals surface area contributed by atoms with Crippen LogP contribution in [-0.2, 0) is 4.79 Å². The van der Waals surface area contributed by atoms with Gasteiger partial charge in [-0.25, -0.2) is 5.43 Å². The highest BCUT2D eigenvalue weighted by Gasteiger charge is 2.04. The summed E-state index contributed by atoms with van der Waals surface area (Å²) < 4.78 is 6.16. The van der Waals surface area contributed by atoms with Crippen LogP contribution in [0.3, 0.4) is 0 Å². The Morgan fingerprint density at radius 3 is 2.71 bits per heavy atom. The Labute approximate surface area is 135 Å². The number of hydrazone groups is 1. The molecule has 0 atom stereocenters. The largest absolute Gasteiger partial charge is 0.483 e. The van der Waals surface area contributed by atoms with E-state index in [1.54, 1.807) is 18.2 Å². The van der Waals surface area contributed by atoms with Gasteiger partial charge in [0.1, 0.15) is 5.75 Å². The predicted octanol–water partition coefficient (Wildman–Crippen LogP) is 3.63. The van der Waals surface area contributed by atoms with Crippen LogP contribution in [0.25, 0.3) is 0 Å². The third-order valence-electron chi connectivity index (χ3n) is 2.49. The first-order valence-corrected chi connectivity index (χ1v) is 7.27. The maximum absolute atomic E-state index is 11.6. The molecule has 0 saturated carbocycles. The summed E-state index contributed by atoms with van der Waals surface area (Å²) in [6.07, 6.45) is 1.48. The molecule has 0 aliphatic carbocycles. The van der Waals surface area contributed by atoms with Crippen LogP contribution in [0.4, 0.5) is 0 Å². The Morgan fingerprint density at radius 1 is 1.24 bits per heavy atom. The van der Waals surface area contributed by atoms with Crippen LogP contribution >= 0.6 is 27.5 Å². The molecule has 2 rings (SSSR count). The number of rotatable bonds is 5. The number of para-hydroxylation sites is 1. The first-order valence-electron chi connectivity index (χ1n) is 6.10. The minimum atomic E-state index is -0.353. The average molecular weight is 368 g/mol. The topological polar surface area (TPSA) is 50.7 Å². The maximum Gasteiger partial charge on any atom is 0.277 e. The zero-order valence-electron chi connectivity index (χ0n) is 10.9. The van der Waals surface area contributed by atoms with Crippen molar-refractivity contribution >= 4 is 39.7 Å².